The molecule has 0 amide bonds. The smallest absolute Gasteiger partial charge is 1.00 e. The number of halogens is 2. The minimum atomic E-state index is 0. The molecule has 1 aliphatic carbocycles. The van der Waals surface area contributed by atoms with Crippen molar-refractivity contribution in [2.24, 2.45) is 5.92 Å². The van der Waals surface area contributed by atoms with E-state index in [2.05, 4.69) is 74.2 Å². The SMILES string of the molecule is CC(C)C1=[C-]C2=CC(C)N(c3ccccc3)C2=C1.[Cl-].[Cl-].[Zr+3]. The Morgan fingerprint density at radius 1 is 1.10 bits per heavy atom. The van der Waals surface area contributed by atoms with Crippen LogP contribution in [-0.4, -0.2) is 6.04 Å². The van der Waals surface area contributed by atoms with Crippen molar-refractivity contribution in [2.45, 2.75) is 26.8 Å². The normalized spacial score (nSPS) is 18.8. The van der Waals surface area contributed by atoms with Crippen LogP contribution in [0.15, 0.2) is 59.3 Å². The van der Waals surface area contributed by atoms with Crippen molar-refractivity contribution in [3.05, 3.63) is 65.4 Å². The first-order valence-corrected chi connectivity index (χ1v) is 6.59. The van der Waals surface area contributed by atoms with Crippen molar-refractivity contribution < 1.29 is 51.0 Å². The number of rotatable bonds is 2. The fourth-order valence-electron chi connectivity index (χ4n) is 2.62. The van der Waals surface area contributed by atoms with E-state index >= 15 is 0 Å². The van der Waals surface area contributed by atoms with Gasteiger partial charge < -0.3 is 29.7 Å². The fraction of sp³-hybridized carbons (Fsp3) is 0.294. The van der Waals surface area contributed by atoms with Crippen LogP contribution in [0.3, 0.4) is 0 Å². The predicted molar refractivity (Wildman–Crippen MR) is 76.1 cm³/mol. The molecular weight excluding hydrogens is 380 g/mol. The van der Waals surface area contributed by atoms with Crippen LogP contribution < -0.4 is 29.7 Å². The van der Waals surface area contributed by atoms with E-state index < -0.39 is 0 Å². The molecule has 1 aliphatic heterocycles. The molecule has 1 heterocycles. The number of allylic oxidation sites excluding steroid dienone is 3. The van der Waals surface area contributed by atoms with Crippen LogP contribution in [-0.2, 0) is 26.2 Å². The summed E-state index contributed by atoms with van der Waals surface area (Å²) in [6.45, 7) is 6.67. The standard InChI is InChI=1S/C17H18N.2ClH.Zr/c1-12(2)14-10-15-9-13(3)18(17(15)11-14)16-7-5-4-6-8-16;;;/h4-9,11-13H,1-3H3;2*1H;/q-1;;;+3/p-2. The maximum Gasteiger partial charge on any atom is 3.00 e. The molecular formula is C17H18Cl2NZr. The van der Waals surface area contributed by atoms with E-state index in [-0.39, 0.29) is 51.0 Å². The van der Waals surface area contributed by atoms with Gasteiger partial charge in [0.25, 0.3) is 0 Å². The summed E-state index contributed by atoms with van der Waals surface area (Å²) in [7, 11) is 0. The van der Waals surface area contributed by atoms with Crippen molar-refractivity contribution in [2.75, 3.05) is 4.90 Å². The van der Waals surface area contributed by atoms with Crippen LogP contribution in [0.4, 0.5) is 5.69 Å². The second kappa shape index (κ2) is 8.37. The molecule has 1 aromatic carbocycles. The van der Waals surface area contributed by atoms with E-state index in [4.69, 9.17) is 0 Å². The van der Waals surface area contributed by atoms with E-state index in [9.17, 15) is 0 Å². The van der Waals surface area contributed by atoms with Crippen LogP contribution >= 0.6 is 0 Å². The summed E-state index contributed by atoms with van der Waals surface area (Å²) < 4.78 is 0. The Hall–Kier alpha value is -0.297. The molecule has 0 bridgehead atoms. The first-order valence-electron chi connectivity index (χ1n) is 6.59. The molecule has 2 aliphatic rings. The molecule has 1 unspecified atom stereocenters. The van der Waals surface area contributed by atoms with E-state index in [0.29, 0.717) is 12.0 Å². The van der Waals surface area contributed by atoms with Gasteiger partial charge >= 0.3 is 26.2 Å². The van der Waals surface area contributed by atoms with Gasteiger partial charge in [0.15, 0.2) is 0 Å². The van der Waals surface area contributed by atoms with Crippen molar-refractivity contribution in [3.63, 3.8) is 0 Å². The molecule has 1 atom stereocenters. The van der Waals surface area contributed by atoms with E-state index in [1.54, 1.807) is 0 Å². The van der Waals surface area contributed by atoms with Crippen LogP contribution in [0.25, 0.3) is 0 Å². The molecule has 0 saturated heterocycles. The summed E-state index contributed by atoms with van der Waals surface area (Å²) in [5, 5.41) is 0. The Kier molecular flexibility index (Phi) is 8.25. The molecule has 21 heavy (non-hydrogen) atoms. The molecule has 0 saturated carbocycles. The van der Waals surface area contributed by atoms with Gasteiger partial charge in [-0.3, -0.25) is 0 Å². The van der Waals surface area contributed by atoms with Crippen molar-refractivity contribution in [1.29, 1.82) is 0 Å². The Morgan fingerprint density at radius 3 is 2.29 bits per heavy atom. The number of anilines is 1. The summed E-state index contributed by atoms with van der Waals surface area (Å²) in [6, 6.07) is 11.0. The molecule has 0 spiro atoms. The summed E-state index contributed by atoms with van der Waals surface area (Å²) in [6.07, 6.45) is 8.11. The van der Waals surface area contributed by atoms with Crippen molar-refractivity contribution in [3.8, 4) is 0 Å². The van der Waals surface area contributed by atoms with Gasteiger partial charge in [0.2, 0.25) is 0 Å². The minimum absolute atomic E-state index is 0. The van der Waals surface area contributed by atoms with Gasteiger partial charge in [-0.05, 0) is 25.0 Å². The molecule has 0 fully saturated rings. The number of nitrogens with zero attached hydrogens (tertiary/aromatic N) is 1. The average molecular weight is 398 g/mol. The Balaban J connectivity index is 0.00000133. The third-order valence-corrected chi connectivity index (χ3v) is 3.58. The van der Waals surface area contributed by atoms with E-state index in [0.717, 1.165) is 0 Å². The van der Waals surface area contributed by atoms with E-state index in [1.807, 2.05) is 0 Å². The molecule has 1 aromatic rings. The Labute approximate surface area is 159 Å². The van der Waals surface area contributed by atoms with Crippen LogP contribution in [0.2, 0.25) is 0 Å². The zero-order chi connectivity index (χ0) is 12.7. The molecule has 109 valence electrons. The van der Waals surface area contributed by atoms with Gasteiger partial charge in [0.05, 0.1) is 0 Å². The molecule has 1 nitrogen and oxygen atoms in total. The van der Waals surface area contributed by atoms with Gasteiger partial charge in [0, 0.05) is 11.7 Å². The molecule has 0 aromatic heterocycles. The van der Waals surface area contributed by atoms with Gasteiger partial charge in [0.1, 0.15) is 0 Å². The summed E-state index contributed by atoms with van der Waals surface area (Å²) >= 11 is 0. The summed E-state index contributed by atoms with van der Waals surface area (Å²) in [5.74, 6) is 0.539. The second-order valence-electron chi connectivity index (χ2n) is 5.29. The molecule has 3 rings (SSSR count). The zero-order valence-electron chi connectivity index (χ0n) is 12.4. The van der Waals surface area contributed by atoms with Crippen molar-refractivity contribution >= 4 is 5.69 Å². The number of benzene rings is 1. The Morgan fingerprint density at radius 2 is 1.71 bits per heavy atom. The van der Waals surface area contributed by atoms with Crippen LogP contribution in [0.1, 0.15) is 20.8 Å². The maximum atomic E-state index is 3.53. The first kappa shape index (κ1) is 20.7. The second-order valence-corrected chi connectivity index (χ2v) is 5.29. The summed E-state index contributed by atoms with van der Waals surface area (Å²) in [5.41, 5.74) is 5.13. The molecule has 4 heteroatoms. The minimum Gasteiger partial charge on any atom is -1.00 e. The van der Waals surface area contributed by atoms with Gasteiger partial charge in [-0.15, -0.1) is 29.4 Å². The molecule has 1 radical (unpaired) electrons. The third-order valence-electron chi connectivity index (χ3n) is 3.58. The first-order chi connectivity index (χ1) is 8.66. The Bertz CT molecular complexity index is 561. The van der Waals surface area contributed by atoms with Crippen molar-refractivity contribution in [1.82, 2.24) is 0 Å². The van der Waals surface area contributed by atoms with Crippen LogP contribution in [0, 0.1) is 12.0 Å². The number of hydrogen-bond acceptors (Lipinski definition) is 1. The van der Waals surface area contributed by atoms with Gasteiger partial charge in [-0.1, -0.05) is 37.7 Å². The van der Waals surface area contributed by atoms with Crippen LogP contribution in [0.5, 0.6) is 0 Å². The average Bonchev–Trinajstić information content (AvgIpc) is 2.86. The summed E-state index contributed by atoms with van der Waals surface area (Å²) in [4.78, 5) is 2.39. The number of hydrogen-bond donors (Lipinski definition) is 0. The quantitative estimate of drug-likeness (QED) is 0.527. The number of fused-ring (bicyclic) bond motifs is 1. The topological polar surface area (TPSA) is 3.24 Å². The third kappa shape index (κ3) is 3.92. The van der Waals surface area contributed by atoms with E-state index in [1.165, 1.54) is 22.5 Å². The van der Waals surface area contributed by atoms with Gasteiger partial charge in [-0.25, -0.2) is 0 Å². The number of para-hydroxylation sites is 1. The largest absolute Gasteiger partial charge is 3.00 e. The monoisotopic (exact) mass is 396 g/mol. The predicted octanol–water partition coefficient (Wildman–Crippen LogP) is -1.89. The zero-order valence-corrected chi connectivity index (χ0v) is 16.4. The van der Waals surface area contributed by atoms with Gasteiger partial charge in [-0.2, -0.15) is 0 Å². The molecule has 0 N–H and O–H groups in total. The maximum absolute atomic E-state index is 3.53. The fourth-order valence-corrected chi connectivity index (χ4v) is 2.62.